The molecule has 144 valence electrons. The number of carbonyl (C=O) groups is 2. The van der Waals surface area contributed by atoms with Crippen molar-refractivity contribution in [2.24, 2.45) is 5.41 Å². The third-order valence-corrected chi connectivity index (χ3v) is 5.40. The van der Waals surface area contributed by atoms with Gasteiger partial charge in [-0.25, -0.2) is 4.79 Å². The summed E-state index contributed by atoms with van der Waals surface area (Å²) in [5, 5.41) is 20.4. The van der Waals surface area contributed by atoms with Crippen LogP contribution in [0, 0.1) is 12.3 Å². The van der Waals surface area contributed by atoms with Crippen molar-refractivity contribution >= 4 is 11.8 Å². The zero-order chi connectivity index (χ0) is 20.4. The fraction of sp³-hybridized carbons (Fsp3) is 0.391. The number of aliphatic hydroxyl groups is 1. The van der Waals surface area contributed by atoms with Crippen molar-refractivity contribution in [1.29, 1.82) is 0 Å². The van der Waals surface area contributed by atoms with Gasteiger partial charge in [-0.2, -0.15) is 0 Å². The quantitative estimate of drug-likeness (QED) is 0.604. The normalized spacial score (nSPS) is 23.2. The van der Waals surface area contributed by atoms with Gasteiger partial charge in [0.25, 0.3) is 0 Å². The summed E-state index contributed by atoms with van der Waals surface area (Å²) in [6.07, 6.45) is 5.03. The lowest BCUT2D eigenvalue weighted by molar-refractivity contribution is -0.131. The zero-order valence-corrected chi connectivity index (χ0v) is 16.7. The minimum Gasteiger partial charge on any atom is -0.478 e. The molecule has 1 aromatic carbocycles. The van der Waals surface area contributed by atoms with E-state index in [4.69, 9.17) is 5.11 Å². The number of hydrogen-bond acceptors (Lipinski definition) is 3. The summed E-state index contributed by atoms with van der Waals surface area (Å²) in [5.41, 5.74) is 1.93. The molecule has 0 saturated heterocycles. The predicted molar refractivity (Wildman–Crippen MR) is 106 cm³/mol. The minimum atomic E-state index is -1.33. The average Bonchev–Trinajstić information content (AvgIpc) is 2.54. The molecule has 0 aromatic heterocycles. The Balaban J connectivity index is 2.50. The van der Waals surface area contributed by atoms with Crippen LogP contribution in [0.25, 0.3) is 0 Å². The molecular formula is C23H28O4. The first-order chi connectivity index (χ1) is 12.5. The van der Waals surface area contributed by atoms with E-state index in [0.717, 1.165) is 17.2 Å². The smallest absolute Gasteiger partial charge is 0.328 e. The van der Waals surface area contributed by atoms with E-state index in [-0.39, 0.29) is 12.2 Å². The highest BCUT2D eigenvalue weighted by molar-refractivity contribution is 5.98. The maximum Gasteiger partial charge on any atom is 0.328 e. The number of aryl methyl sites for hydroxylation is 1. The minimum absolute atomic E-state index is 0.0508. The van der Waals surface area contributed by atoms with Gasteiger partial charge < -0.3 is 10.2 Å². The second-order valence-corrected chi connectivity index (χ2v) is 8.08. The number of carbonyl (C=O) groups excluding carboxylic acids is 1. The highest BCUT2D eigenvalue weighted by Gasteiger charge is 2.49. The Bertz CT molecular complexity index is 855. The second kappa shape index (κ2) is 7.65. The Morgan fingerprint density at radius 3 is 2.52 bits per heavy atom. The first-order valence-corrected chi connectivity index (χ1v) is 9.08. The number of Topliss-reactive ketones (excluding diaryl/α,β-unsaturated/α-hetero) is 1. The predicted octanol–water partition coefficient (Wildman–Crippen LogP) is 4.17. The van der Waals surface area contributed by atoms with Crippen molar-refractivity contribution in [2.75, 3.05) is 0 Å². The van der Waals surface area contributed by atoms with Crippen molar-refractivity contribution < 1.29 is 19.8 Å². The largest absolute Gasteiger partial charge is 0.478 e. The van der Waals surface area contributed by atoms with Gasteiger partial charge in [-0.3, -0.25) is 4.79 Å². The van der Waals surface area contributed by atoms with Crippen molar-refractivity contribution in [2.45, 2.75) is 53.1 Å². The monoisotopic (exact) mass is 368 g/mol. The first-order valence-electron chi connectivity index (χ1n) is 9.08. The molecule has 0 heterocycles. The molecule has 2 N–H and O–H groups in total. The summed E-state index contributed by atoms with van der Waals surface area (Å²) in [7, 11) is 0. The van der Waals surface area contributed by atoms with Gasteiger partial charge in [0.05, 0.1) is 0 Å². The van der Waals surface area contributed by atoms with Gasteiger partial charge in [-0.15, -0.1) is 0 Å². The van der Waals surface area contributed by atoms with Gasteiger partial charge in [0.2, 0.25) is 0 Å². The van der Waals surface area contributed by atoms with Crippen molar-refractivity contribution in [3.05, 3.63) is 70.3 Å². The Kier molecular flexibility index (Phi) is 5.91. The fourth-order valence-electron chi connectivity index (χ4n) is 3.69. The SMILES string of the molecule is CC1=C(Cc2cccc(C)c2)C(=O)CC(C)(C)[C@@]1(O)/C=C/C(C)=C\C(=O)O. The van der Waals surface area contributed by atoms with E-state index in [1.54, 1.807) is 26.0 Å². The van der Waals surface area contributed by atoms with Crippen LogP contribution in [0.15, 0.2) is 59.2 Å². The third kappa shape index (κ3) is 4.45. The number of carboxylic acid groups (broad SMARTS) is 1. The van der Waals surface area contributed by atoms with Crippen LogP contribution in [0.3, 0.4) is 0 Å². The molecule has 0 radical (unpaired) electrons. The molecule has 0 spiro atoms. The van der Waals surface area contributed by atoms with E-state index in [0.29, 0.717) is 23.1 Å². The summed E-state index contributed by atoms with van der Waals surface area (Å²) in [6, 6.07) is 7.99. The van der Waals surface area contributed by atoms with Crippen LogP contribution in [-0.4, -0.2) is 27.6 Å². The van der Waals surface area contributed by atoms with Crippen LogP contribution >= 0.6 is 0 Å². The summed E-state index contributed by atoms with van der Waals surface area (Å²) in [4.78, 5) is 23.6. The fourth-order valence-corrected chi connectivity index (χ4v) is 3.69. The molecule has 4 nitrogen and oxygen atoms in total. The summed E-state index contributed by atoms with van der Waals surface area (Å²) in [6.45, 7) is 9.19. The molecule has 0 aliphatic heterocycles. The molecule has 1 aromatic rings. The number of carboxylic acids is 1. The first kappa shape index (κ1) is 20.8. The Hall–Kier alpha value is -2.46. The molecule has 1 aliphatic carbocycles. The molecule has 0 saturated carbocycles. The van der Waals surface area contributed by atoms with Gasteiger partial charge in [0, 0.05) is 29.9 Å². The van der Waals surface area contributed by atoms with E-state index in [2.05, 4.69) is 0 Å². The van der Waals surface area contributed by atoms with Crippen molar-refractivity contribution in [3.8, 4) is 0 Å². The number of ketones is 1. The Labute approximate surface area is 160 Å². The van der Waals surface area contributed by atoms with Crippen molar-refractivity contribution in [3.63, 3.8) is 0 Å². The lowest BCUT2D eigenvalue weighted by atomic mass is 9.62. The molecule has 1 atom stereocenters. The zero-order valence-electron chi connectivity index (χ0n) is 16.7. The number of hydrogen-bond donors (Lipinski definition) is 2. The molecule has 0 unspecified atom stereocenters. The van der Waals surface area contributed by atoms with Crippen LogP contribution in [0.2, 0.25) is 0 Å². The maximum absolute atomic E-state index is 12.8. The summed E-state index contributed by atoms with van der Waals surface area (Å²) in [5.74, 6) is -0.982. The molecule has 2 rings (SSSR count). The van der Waals surface area contributed by atoms with Gasteiger partial charge >= 0.3 is 5.97 Å². The molecule has 0 fully saturated rings. The van der Waals surface area contributed by atoms with E-state index in [9.17, 15) is 14.7 Å². The summed E-state index contributed by atoms with van der Waals surface area (Å²) < 4.78 is 0. The molecule has 1 aliphatic rings. The number of aliphatic carboxylic acids is 1. The van der Waals surface area contributed by atoms with E-state index in [1.807, 2.05) is 45.0 Å². The lowest BCUT2D eigenvalue weighted by Crippen LogP contribution is -2.49. The van der Waals surface area contributed by atoms with E-state index in [1.165, 1.54) is 0 Å². The van der Waals surface area contributed by atoms with Gasteiger partial charge in [-0.1, -0.05) is 49.8 Å². The molecular weight excluding hydrogens is 340 g/mol. The van der Waals surface area contributed by atoms with Crippen LogP contribution in [-0.2, 0) is 16.0 Å². The van der Waals surface area contributed by atoms with Crippen LogP contribution in [0.1, 0.15) is 45.2 Å². The van der Waals surface area contributed by atoms with Crippen LogP contribution < -0.4 is 0 Å². The third-order valence-electron chi connectivity index (χ3n) is 5.40. The van der Waals surface area contributed by atoms with Crippen LogP contribution in [0.5, 0.6) is 0 Å². The number of rotatable bonds is 5. The Morgan fingerprint density at radius 2 is 1.93 bits per heavy atom. The molecule has 4 heteroatoms. The summed E-state index contributed by atoms with van der Waals surface area (Å²) >= 11 is 0. The van der Waals surface area contributed by atoms with Gasteiger partial charge in [-0.05, 0) is 43.6 Å². The molecule has 0 bridgehead atoms. The molecule has 0 amide bonds. The number of benzene rings is 1. The maximum atomic E-state index is 12.8. The van der Waals surface area contributed by atoms with Gasteiger partial charge in [0.1, 0.15) is 5.60 Å². The lowest BCUT2D eigenvalue weighted by Gasteiger charge is -2.46. The molecule has 27 heavy (non-hydrogen) atoms. The topological polar surface area (TPSA) is 74.6 Å². The van der Waals surface area contributed by atoms with E-state index >= 15 is 0 Å². The number of allylic oxidation sites excluding steroid dienone is 3. The van der Waals surface area contributed by atoms with Crippen molar-refractivity contribution in [1.82, 2.24) is 0 Å². The van der Waals surface area contributed by atoms with Gasteiger partial charge in [0.15, 0.2) is 5.78 Å². The highest BCUT2D eigenvalue weighted by atomic mass is 16.4. The second-order valence-electron chi connectivity index (χ2n) is 8.08. The standard InChI is InChI=1S/C23H28O4/c1-15-7-6-8-18(11-15)13-19-17(3)23(27,22(4,5)14-20(19)24)10-9-16(2)12-21(25)26/h6-12,27H,13-14H2,1-5H3,(H,25,26)/b10-9+,16-12-/t23-/m1/s1. The average molecular weight is 368 g/mol. The Morgan fingerprint density at radius 1 is 1.26 bits per heavy atom. The van der Waals surface area contributed by atoms with E-state index < -0.39 is 17.0 Å². The van der Waals surface area contributed by atoms with Crippen LogP contribution in [0.4, 0.5) is 0 Å². The highest BCUT2D eigenvalue weighted by Crippen LogP contribution is 2.47.